The van der Waals surface area contributed by atoms with Crippen LogP contribution in [0.5, 0.6) is 0 Å². The van der Waals surface area contributed by atoms with Crippen LogP contribution in [0.4, 0.5) is 0 Å². The molecular formula is C32H62O13Si2. The number of carbonyl (C=O) groups excluding carboxylic acids is 2. The third-order valence-corrected chi connectivity index (χ3v) is 17.0. The molecule has 0 rings (SSSR count). The summed E-state index contributed by atoms with van der Waals surface area (Å²) in [4.78, 5) is 41.0. The number of rotatable bonds is 28. The maximum Gasteiger partial charge on any atom is 0.365 e. The fourth-order valence-electron chi connectivity index (χ4n) is 2.92. The summed E-state index contributed by atoms with van der Waals surface area (Å²) >= 11 is 0. The van der Waals surface area contributed by atoms with Gasteiger partial charge in [0.1, 0.15) is 25.4 Å². The van der Waals surface area contributed by atoms with Gasteiger partial charge < -0.3 is 32.5 Å². The van der Waals surface area contributed by atoms with E-state index in [1.807, 2.05) is 0 Å². The van der Waals surface area contributed by atoms with Crippen LogP contribution in [0.2, 0.25) is 36.3 Å². The van der Waals surface area contributed by atoms with Crippen LogP contribution in [0, 0.1) is 0 Å². The second-order valence-corrected chi connectivity index (χ2v) is 23.4. The van der Waals surface area contributed by atoms with E-state index >= 15 is 0 Å². The lowest BCUT2D eigenvalue weighted by molar-refractivity contribution is -0.305. The summed E-state index contributed by atoms with van der Waals surface area (Å²) in [5.74, 6) is -1.53. The molecule has 0 unspecified atom stereocenters. The molecule has 0 atom stereocenters. The molecule has 276 valence electrons. The van der Waals surface area contributed by atoms with E-state index in [4.69, 9.17) is 42.3 Å². The van der Waals surface area contributed by atoms with Gasteiger partial charge in [-0.05, 0) is 36.3 Å². The van der Waals surface area contributed by atoms with Crippen molar-refractivity contribution in [2.24, 2.45) is 0 Å². The molecule has 0 aromatic carbocycles. The highest BCUT2D eigenvalue weighted by Gasteiger charge is 2.37. The summed E-state index contributed by atoms with van der Waals surface area (Å²) in [5.41, 5.74) is 0. The Kier molecular flexibility index (Phi) is 23.0. The van der Waals surface area contributed by atoms with Gasteiger partial charge in [-0.25, -0.2) is 9.59 Å². The molecule has 0 fully saturated rings. The molecular weight excluding hydrogens is 649 g/mol. The number of hydrogen-bond acceptors (Lipinski definition) is 13. The standard InChI is InChI=1S/C32H62O13Si2/c1-13-29(33)44-40-25-28(26-41-45-30(34)14-2)39-20-16-35-15-19-38-27(23-36-17-21-42-46(9,10)31(3,4)5)24-37-18-22-43-47(11,12)32(6,7)8/h13-14,27-28H,1-2,15-26H2,3-12H3. The summed E-state index contributed by atoms with van der Waals surface area (Å²) < 4.78 is 41.5. The third kappa shape index (κ3) is 22.0. The van der Waals surface area contributed by atoms with Crippen molar-refractivity contribution in [2.75, 3.05) is 79.3 Å². The fourth-order valence-corrected chi connectivity index (χ4v) is 4.97. The minimum absolute atomic E-state index is 0.132. The summed E-state index contributed by atoms with van der Waals surface area (Å²) in [6, 6.07) is 0. The summed E-state index contributed by atoms with van der Waals surface area (Å²) in [5, 5.41) is 0.264. The van der Waals surface area contributed by atoms with Crippen LogP contribution >= 0.6 is 0 Å². The van der Waals surface area contributed by atoms with Crippen LogP contribution in [0.1, 0.15) is 41.5 Å². The highest BCUT2D eigenvalue weighted by molar-refractivity contribution is 6.74. The number of hydrogen-bond donors (Lipinski definition) is 0. The lowest BCUT2D eigenvalue weighted by atomic mass is 10.2. The minimum Gasteiger partial charge on any atom is -0.414 e. The van der Waals surface area contributed by atoms with Gasteiger partial charge in [0.2, 0.25) is 0 Å². The molecule has 0 saturated carbocycles. The molecule has 0 aliphatic carbocycles. The Balaban J connectivity index is 4.67. The van der Waals surface area contributed by atoms with Gasteiger partial charge in [0, 0.05) is 12.2 Å². The van der Waals surface area contributed by atoms with Gasteiger partial charge in [0.05, 0.1) is 66.1 Å². The highest BCUT2D eigenvalue weighted by Crippen LogP contribution is 2.37. The van der Waals surface area contributed by atoms with E-state index in [2.05, 4.69) is 90.7 Å². The van der Waals surface area contributed by atoms with Crippen molar-refractivity contribution < 1.29 is 61.7 Å². The van der Waals surface area contributed by atoms with Crippen LogP contribution < -0.4 is 0 Å². The first-order valence-corrected chi connectivity index (χ1v) is 21.8. The molecule has 15 heteroatoms. The quantitative estimate of drug-likeness (QED) is 0.0348. The molecule has 0 N–H and O–H groups in total. The second-order valence-electron chi connectivity index (χ2n) is 13.7. The molecule has 0 heterocycles. The van der Waals surface area contributed by atoms with Crippen molar-refractivity contribution in [3.8, 4) is 0 Å². The predicted octanol–water partition coefficient (Wildman–Crippen LogP) is 5.17. The summed E-state index contributed by atoms with van der Waals surface area (Å²) in [6.45, 7) is 32.0. The monoisotopic (exact) mass is 710 g/mol. The Labute approximate surface area is 284 Å². The lowest BCUT2D eigenvalue weighted by Gasteiger charge is -2.36. The Hall–Kier alpha value is -1.51. The normalized spacial score (nSPS) is 12.9. The molecule has 0 bridgehead atoms. The number of carbonyl (C=O) groups is 2. The second kappa shape index (κ2) is 23.8. The zero-order valence-corrected chi connectivity index (χ0v) is 32.5. The summed E-state index contributed by atoms with van der Waals surface area (Å²) in [7, 11) is -3.69. The van der Waals surface area contributed by atoms with Crippen molar-refractivity contribution >= 4 is 28.6 Å². The molecule has 0 radical (unpaired) electrons. The largest absolute Gasteiger partial charge is 0.414 e. The zero-order valence-electron chi connectivity index (χ0n) is 30.5. The molecule has 0 aliphatic rings. The van der Waals surface area contributed by atoms with Gasteiger partial charge >= 0.3 is 11.9 Å². The van der Waals surface area contributed by atoms with Crippen LogP contribution in [-0.2, 0) is 61.7 Å². The Morgan fingerprint density at radius 2 is 0.894 bits per heavy atom. The molecule has 0 aromatic rings. The first-order chi connectivity index (χ1) is 21.9. The van der Waals surface area contributed by atoms with E-state index in [1.165, 1.54) is 0 Å². The number of ether oxygens (including phenoxy) is 5. The molecule has 0 aliphatic heterocycles. The minimum atomic E-state index is -1.85. The first-order valence-electron chi connectivity index (χ1n) is 16.0. The Bertz CT molecular complexity index is 823. The maximum absolute atomic E-state index is 11.2. The maximum atomic E-state index is 11.2. The molecule has 47 heavy (non-hydrogen) atoms. The topological polar surface area (TPSA) is 136 Å². The van der Waals surface area contributed by atoms with Gasteiger partial charge in [0.25, 0.3) is 0 Å². The SMILES string of the molecule is C=CC(=O)OOCC(COOC(=O)C=C)OCCOCCOC(COCCO[Si](C)(C)C(C)(C)C)COCCO[Si](C)(C)C(C)(C)C. The van der Waals surface area contributed by atoms with Crippen LogP contribution in [0.15, 0.2) is 25.3 Å². The molecule has 0 aromatic heterocycles. The highest BCUT2D eigenvalue weighted by atomic mass is 28.4. The zero-order chi connectivity index (χ0) is 36.0. The fraction of sp³-hybridized carbons (Fsp3) is 0.812. The third-order valence-electron chi connectivity index (χ3n) is 7.89. The molecule has 0 saturated heterocycles. The Morgan fingerprint density at radius 3 is 1.23 bits per heavy atom. The molecule has 0 spiro atoms. The van der Waals surface area contributed by atoms with Crippen molar-refractivity contribution in [2.45, 2.75) is 90.0 Å². The predicted molar refractivity (Wildman–Crippen MR) is 183 cm³/mol. The van der Waals surface area contributed by atoms with Gasteiger partial charge in [-0.1, -0.05) is 54.7 Å². The van der Waals surface area contributed by atoms with Crippen molar-refractivity contribution in [3.63, 3.8) is 0 Å². The summed E-state index contributed by atoms with van der Waals surface area (Å²) in [6.07, 6.45) is 0.870. The lowest BCUT2D eigenvalue weighted by Crippen LogP contribution is -2.42. The van der Waals surface area contributed by atoms with Crippen LogP contribution in [0.3, 0.4) is 0 Å². The van der Waals surface area contributed by atoms with E-state index in [9.17, 15) is 9.59 Å². The van der Waals surface area contributed by atoms with Crippen LogP contribution in [0.25, 0.3) is 0 Å². The average molecular weight is 711 g/mol. The molecule has 13 nitrogen and oxygen atoms in total. The average Bonchev–Trinajstić information content (AvgIpc) is 2.97. The van der Waals surface area contributed by atoms with E-state index < -0.39 is 34.7 Å². The van der Waals surface area contributed by atoms with Crippen molar-refractivity contribution in [1.82, 2.24) is 0 Å². The van der Waals surface area contributed by atoms with Gasteiger partial charge in [-0.3, -0.25) is 9.78 Å². The van der Waals surface area contributed by atoms with Gasteiger partial charge in [0.15, 0.2) is 16.6 Å². The van der Waals surface area contributed by atoms with Crippen LogP contribution in [-0.4, -0.2) is 120 Å². The van der Waals surface area contributed by atoms with Crippen molar-refractivity contribution in [3.05, 3.63) is 25.3 Å². The first kappa shape index (κ1) is 45.5. The van der Waals surface area contributed by atoms with E-state index in [-0.39, 0.29) is 42.6 Å². The van der Waals surface area contributed by atoms with E-state index in [0.717, 1.165) is 12.2 Å². The smallest absolute Gasteiger partial charge is 0.365 e. The van der Waals surface area contributed by atoms with Gasteiger partial charge in [-0.15, -0.1) is 0 Å². The Morgan fingerprint density at radius 1 is 0.553 bits per heavy atom. The van der Waals surface area contributed by atoms with Crippen molar-refractivity contribution in [1.29, 1.82) is 0 Å². The van der Waals surface area contributed by atoms with E-state index in [1.54, 1.807) is 0 Å². The van der Waals surface area contributed by atoms with E-state index in [0.29, 0.717) is 52.9 Å². The van der Waals surface area contributed by atoms with Gasteiger partial charge in [-0.2, -0.15) is 9.78 Å². The molecule has 0 amide bonds.